The van der Waals surface area contributed by atoms with Crippen LogP contribution < -0.4 is 10.5 Å². The van der Waals surface area contributed by atoms with E-state index in [0.29, 0.717) is 12.6 Å². The Hall–Kier alpha value is -1.81. The third-order valence-corrected chi connectivity index (χ3v) is 3.46. The first-order valence-corrected chi connectivity index (χ1v) is 6.73. The summed E-state index contributed by atoms with van der Waals surface area (Å²) >= 11 is 0. The molecular weight excluding hydrogens is 238 g/mol. The van der Waals surface area contributed by atoms with Gasteiger partial charge >= 0.3 is 0 Å². The summed E-state index contributed by atoms with van der Waals surface area (Å²) in [5.74, 6) is 0.860. The van der Waals surface area contributed by atoms with Crippen molar-refractivity contribution in [3.8, 4) is 5.75 Å². The van der Waals surface area contributed by atoms with Gasteiger partial charge in [0.1, 0.15) is 12.4 Å². The summed E-state index contributed by atoms with van der Waals surface area (Å²) in [6.07, 6.45) is 6.29. The molecule has 1 heterocycles. The molecule has 4 heteroatoms. The van der Waals surface area contributed by atoms with E-state index in [1.165, 1.54) is 12.8 Å². The molecule has 19 heavy (non-hydrogen) atoms. The number of nitrogens with two attached hydrogens (primary N) is 1. The number of ether oxygens (including phenoxy) is 1. The third kappa shape index (κ3) is 2.79. The van der Waals surface area contributed by atoms with Crippen molar-refractivity contribution in [1.29, 1.82) is 0 Å². The van der Waals surface area contributed by atoms with E-state index < -0.39 is 0 Å². The van der Waals surface area contributed by atoms with E-state index in [9.17, 15) is 0 Å². The average Bonchev–Trinajstić information content (AvgIpc) is 3.16. The van der Waals surface area contributed by atoms with Gasteiger partial charge in [-0.15, -0.1) is 0 Å². The Labute approximate surface area is 113 Å². The van der Waals surface area contributed by atoms with Gasteiger partial charge in [-0.25, -0.2) is 4.98 Å². The molecule has 1 fully saturated rings. The summed E-state index contributed by atoms with van der Waals surface area (Å²) in [5.41, 5.74) is 8.10. The maximum atomic E-state index is 5.88. The molecule has 100 valence electrons. The number of benzene rings is 1. The van der Waals surface area contributed by atoms with Crippen LogP contribution in [0.4, 0.5) is 0 Å². The van der Waals surface area contributed by atoms with Crippen molar-refractivity contribution >= 4 is 0 Å². The first-order valence-electron chi connectivity index (χ1n) is 6.73. The largest absolute Gasteiger partial charge is 0.487 e. The zero-order valence-corrected chi connectivity index (χ0v) is 11.1. The molecule has 0 spiro atoms. The second-order valence-corrected chi connectivity index (χ2v) is 5.17. The second kappa shape index (κ2) is 5.05. The lowest BCUT2D eigenvalue weighted by molar-refractivity contribution is 0.294. The highest BCUT2D eigenvalue weighted by molar-refractivity contribution is 5.30. The molecule has 0 radical (unpaired) electrons. The van der Waals surface area contributed by atoms with Crippen molar-refractivity contribution in [1.82, 2.24) is 9.55 Å². The monoisotopic (exact) mass is 257 g/mol. The molecular formula is C15H19N3O. The minimum absolute atomic E-state index is 0.0283. The maximum Gasteiger partial charge on any atom is 0.130 e. The van der Waals surface area contributed by atoms with Crippen LogP contribution in [0, 0.1) is 0 Å². The van der Waals surface area contributed by atoms with E-state index in [4.69, 9.17) is 10.5 Å². The van der Waals surface area contributed by atoms with Gasteiger partial charge < -0.3 is 15.0 Å². The Bertz CT molecular complexity index is 558. The number of nitrogens with zero attached hydrogens (tertiary/aromatic N) is 2. The Kier molecular flexibility index (Phi) is 3.25. The first-order chi connectivity index (χ1) is 9.24. The highest BCUT2D eigenvalue weighted by atomic mass is 16.5. The van der Waals surface area contributed by atoms with E-state index >= 15 is 0 Å². The number of rotatable bonds is 5. The Morgan fingerprint density at radius 3 is 3.05 bits per heavy atom. The van der Waals surface area contributed by atoms with Crippen molar-refractivity contribution in [3.05, 3.63) is 48.0 Å². The van der Waals surface area contributed by atoms with Crippen LogP contribution in [0.3, 0.4) is 0 Å². The average molecular weight is 257 g/mol. The summed E-state index contributed by atoms with van der Waals surface area (Å²) in [6.45, 7) is 2.53. The highest BCUT2D eigenvalue weighted by Crippen LogP contribution is 2.35. The van der Waals surface area contributed by atoms with E-state index in [1.807, 2.05) is 43.7 Å². The highest BCUT2D eigenvalue weighted by Gasteiger charge is 2.25. The van der Waals surface area contributed by atoms with Gasteiger partial charge in [-0.2, -0.15) is 0 Å². The van der Waals surface area contributed by atoms with Crippen molar-refractivity contribution in [2.24, 2.45) is 5.73 Å². The molecule has 1 aliphatic carbocycles. The molecule has 0 unspecified atom stereocenters. The summed E-state index contributed by atoms with van der Waals surface area (Å²) in [6, 6.07) is 8.63. The van der Waals surface area contributed by atoms with Crippen molar-refractivity contribution in [2.75, 3.05) is 0 Å². The lowest BCUT2D eigenvalue weighted by Crippen LogP contribution is -2.06. The summed E-state index contributed by atoms with van der Waals surface area (Å²) in [4.78, 5) is 4.20. The van der Waals surface area contributed by atoms with Crippen LogP contribution >= 0.6 is 0 Å². The zero-order chi connectivity index (χ0) is 13.2. The fraction of sp³-hybridized carbons (Fsp3) is 0.400. The quantitative estimate of drug-likeness (QED) is 0.896. The van der Waals surface area contributed by atoms with E-state index in [0.717, 1.165) is 17.0 Å². The van der Waals surface area contributed by atoms with Crippen LogP contribution in [0.5, 0.6) is 5.75 Å². The number of aromatic nitrogens is 2. The standard InChI is InChI=1S/C15H19N3O/c1-11(16)12-3-2-4-15(7-12)19-9-14-8-17-10-18(14)13-5-6-13/h2-4,7-8,10-11,13H,5-6,9,16H2,1H3/t11-/m1/s1. The second-order valence-electron chi connectivity index (χ2n) is 5.17. The molecule has 1 saturated carbocycles. The lowest BCUT2D eigenvalue weighted by Gasteiger charge is -2.11. The molecule has 1 aromatic heterocycles. The molecule has 1 aromatic carbocycles. The minimum Gasteiger partial charge on any atom is -0.487 e. The molecule has 0 aliphatic heterocycles. The molecule has 0 amide bonds. The van der Waals surface area contributed by atoms with Gasteiger partial charge in [0.25, 0.3) is 0 Å². The van der Waals surface area contributed by atoms with Crippen LogP contribution in [0.2, 0.25) is 0 Å². The fourth-order valence-corrected chi connectivity index (χ4v) is 2.17. The maximum absolute atomic E-state index is 5.88. The molecule has 1 aliphatic rings. The molecule has 1 atom stereocenters. The van der Waals surface area contributed by atoms with E-state index in [-0.39, 0.29) is 6.04 Å². The predicted octanol–water partition coefficient (Wildman–Crippen LogP) is 2.82. The normalized spacial score (nSPS) is 16.3. The number of imidazole rings is 1. The van der Waals surface area contributed by atoms with Crippen LogP contribution in [0.1, 0.15) is 43.1 Å². The van der Waals surface area contributed by atoms with E-state index in [1.54, 1.807) is 0 Å². The summed E-state index contributed by atoms with van der Waals surface area (Å²) in [5, 5.41) is 0. The topological polar surface area (TPSA) is 53.1 Å². The fourth-order valence-electron chi connectivity index (χ4n) is 2.17. The van der Waals surface area contributed by atoms with E-state index in [2.05, 4.69) is 9.55 Å². The van der Waals surface area contributed by atoms with Gasteiger partial charge in [-0.1, -0.05) is 12.1 Å². The van der Waals surface area contributed by atoms with Gasteiger partial charge in [0.2, 0.25) is 0 Å². The van der Waals surface area contributed by atoms with Gasteiger partial charge in [-0.3, -0.25) is 0 Å². The molecule has 3 rings (SSSR count). The SMILES string of the molecule is C[C@@H](N)c1cccc(OCc2cncn2C2CC2)c1. The molecule has 2 aromatic rings. The lowest BCUT2D eigenvalue weighted by atomic mass is 10.1. The van der Waals surface area contributed by atoms with Crippen molar-refractivity contribution in [2.45, 2.75) is 38.5 Å². The summed E-state index contributed by atoms with van der Waals surface area (Å²) in [7, 11) is 0. The Morgan fingerprint density at radius 2 is 2.32 bits per heavy atom. The molecule has 4 nitrogen and oxygen atoms in total. The summed E-state index contributed by atoms with van der Waals surface area (Å²) < 4.78 is 8.06. The Balaban J connectivity index is 1.68. The number of hydrogen-bond acceptors (Lipinski definition) is 3. The smallest absolute Gasteiger partial charge is 0.130 e. The van der Waals surface area contributed by atoms with Gasteiger partial charge in [0.05, 0.1) is 18.2 Å². The van der Waals surface area contributed by atoms with Crippen LogP contribution in [0.25, 0.3) is 0 Å². The molecule has 0 saturated heterocycles. The first kappa shape index (κ1) is 12.2. The Morgan fingerprint density at radius 1 is 1.47 bits per heavy atom. The van der Waals surface area contributed by atoms with Crippen LogP contribution in [-0.2, 0) is 6.61 Å². The van der Waals surface area contributed by atoms with Crippen molar-refractivity contribution < 1.29 is 4.74 Å². The van der Waals surface area contributed by atoms with Gasteiger partial charge in [-0.05, 0) is 37.5 Å². The molecule has 0 bridgehead atoms. The molecule has 2 N–H and O–H groups in total. The minimum atomic E-state index is 0.0283. The van der Waals surface area contributed by atoms with Crippen LogP contribution in [-0.4, -0.2) is 9.55 Å². The third-order valence-electron chi connectivity index (χ3n) is 3.46. The van der Waals surface area contributed by atoms with Gasteiger partial charge in [0.15, 0.2) is 0 Å². The van der Waals surface area contributed by atoms with Crippen molar-refractivity contribution in [3.63, 3.8) is 0 Å². The van der Waals surface area contributed by atoms with Gasteiger partial charge in [0, 0.05) is 12.1 Å². The number of hydrogen-bond donors (Lipinski definition) is 1. The predicted molar refractivity (Wildman–Crippen MR) is 73.9 cm³/mol. The zero-order valence-electron chi connectivity index (χ0n) is 11.1. The van der Waals surface area contributed by atoms with Crippen LogP contribution in [0.15, 0.2) is 36.8 Å².